The van der Waals surface area contributed by atoms with Gasteiger partial charge in [0.25, 0.3) is 0 Å². The smallest absolute Gasteiger partial charge is 0.246 e. The molecule has 0 radical (unpaired) electrons. The van der Waals surface area contributed by atoms with Gasteiger partial charge in [-0.15, -0.1) is 11.3 Å². The maximum absolute atomic E-state index is 12.1. The highest BCUT2D eigenvalue weighted by Gasteiger charge is 2.11. The molecule has 1 aromatic carbocycles. The van der Waals surface area contributed by atoms with Gasteiger partial charge in [0.05, 0.1) is 19.3 Å². The molecule has 138 valence electrons. The largest absolute Gasteiger partial charge is 0.497 e. The van der Waals surface area contributed by atoms with E-state index >= 15 is 0 Å². The fourth-order valence-electron chi connectivity index (χ4n) is 2.17. The van der Waals surface area contributed by atoms with Crippen molar-refractivity contribution >= 4 is 29.2 Å². The number of hydrogen-bond donors (Lipinski definition) is 1. The van der Waals surface area contributed by atoms with Crippen LogP contribution in [0, 0.1) is 0 Å². The van der Waals surface area contributed by atoms with E-state index in [9.17, 15) is 9.59 Å². The predicted octanol–water partition coefficient (Wildman–Crippen LogP) is 2.81. The molecule has 2 aromatic rings. The first kappa shape index (κ1) is 19.7. The Labute approximate surface area is 157 Å². The van der Waals surface area contributed by atoms with Crippen LogP contribution in [0.2, 0.25) is 0 Å². The van der Waals surface area contributed by atoms with Crippen molar-refractivity contribution in [3.05, 3.63) is 41.4 Å². The zero-order valence-electron chi connectivity index (χ0n) is 15.4. The zero-order chi connectivity index (χ0) is 19.1. The summed E-state index contributed by atoms with van der Waals surface area (Å²) in [6.45, 7) is 3.78. The Bertz CT molecular complexity index is 782. The quantitative estimate of drug-likeness (QED) is 0.758. The van der Waals surface area contributed by atoms with E-state index in [0.717, 1.165) is 16.3 Å². The zero-order valence-corrected chi connectivity index (χ0v) is 16.2. The Morgan fingerprint density at radius 2 is 2.00 bits per heavy atom. The Morgan fingerprint density at radius 1 is 1.31 bits per heavy atom. The van der Waals surface area contributed by atoms with Crippen LogP contribution in [0.15, 0.2) is 35.7 Å². The molecule has 0 atom stereocenters. The molecular weight excluding hydrogens is 350 g/mol. The number of nitrogens with zero attached hydrogens (tertiary/aromatic N) is 2. The summed E-state index contributed by atoms with van der Waals surface area (Å²) in [6, 6.07) is 7.70. The molecule has 0 aliphatic heterocycles. The third-order valence-corrected chi connectivity index (χ3v) is 4.37. The first-order valence-corrected chi connectivity index (χ1v) is 9.09. The first-order valence-electron chi connectivity index (χ1n) is 8.21. The van der Waals surface area contributed by atoms with Gasteiger partial charge < -0.3 is 15.0 Å². The van der Waals surface area contributed by atoms with Gasteiger partial charge in [0.1, 0.15) is 10.8 Å². The molecule has 0 aliphatic carbocycles. The van der Waals surface area contributed by atoms with Crippen molar-refractivity contribution in [2.24, 2.45) is 0 Å². The molecule has 26 heavy (non-hydrogen) atoms. The minimum absolute atomic E-state index is 0.0233. The SMILES string of the molecule is COc1ccc(-c2nc(C=CC(=O)N(C)CC(=O)NC(C)C)cs2)cc1. The molecule has 1 aromatic heterocycles. The van der Waals surface area contributed by atoms with E-state index in [0.29, 0.717) is 5.69 Å². The second kappa shape index (κ2) is 9.15. The van der Waals surface area contributed by atoms with E-state index in [2.05, 4.69) is 10.3 Å². The third kappa shape index (κ3) is 5.70. The summed E-state index contributed by atoms with van der Waals surface area (Å²) in [5.41, 5.74) is 1.69. The van der Waals surface area contributed by atoms with Crippen LogP contribution >= 0.6 is 11.3 Å². The first-order chi connectivity index (χ1) is 12.4. The summed E-state index contributed by atoms with van der Waals surface area (Å²) in [4.78, 5) is 29.7. The number of rotatable bonds is 7. The Morgan fingerprint density at radius 3 is 2.62 bits per heavy atom. The molecule has 0 spiro atoms. The maximum Gasteiger partial charge on any atom is 0.246 e. The molecule has 1 N–H and O–H groups in total. The van der Waals surface area contributed by atoms with E-state index in [-0.39, 0.29) is 24.4 Å². The molecule has 0 aliphatic rings. The predicted molar refractivity (Wildman–Crippen MR) is 104 cm³/mol. The lowest BCUT2D eigenvalue weighted by Gasteiger charge is -2.16. The van der Waals surface area contributed by atoms with E-state index in [1.807, 2.05) is 43.5 Å². The summed E-state index contributed by atoms with van der Waals surface area (Å²) in [7, 11) is 3.22. The van der Waals surface area contributed by atoms with Gasteiger partial charge in [0.15, 0.2) is 0 Å². The molecule has 7 heteroatoms. The van der Waals surface area contributed by atoms with Crippen molar-refractivity contribution in [3.8, 4) is 16.3 Å². The number of likely N-dealkylation sites (N-methyl/N-ethyl adjacent to an activating group) is 1. The molecule has 0 fully saturated rings. The third-order valence-electron chi connectivity index (χ3n) is 3.46. The second-order valence-electron chi connectivity index (χ2n) is 6.06. The molecular formula is C19H23N3O3S. The molecule has 0 bridgehead atoms. The number of aromatic nitrogens is 1. The van der Waals surface area contributed by atoms with E-state index in [1.54, 1.807) is 20.2 Å². The van der Waals surface area contributed by atoms with Crippen molar-refractivity contribution in [3.63, 3.8) is 0 Å². The number of carbonyl (C=O) groups excluding carboxylic acids is 2. The molecule has 6 nitrogen and oxygen atoms in total. The Hall–Kier alpha value is -2.67. The summed E-state index contributed by atoms with van der Waals surface area (Å²) in [5.74, 6) is 0.364. The van der Waals surface area contributed by atoms with Crippen molar-refractivity contribution in [1.29, 1.82) is 0 Å². The second-order valence-corrected chi connectivity index (χ2v) is 6.91. The molecule has 2 amide bonds. The number of benzene rings is 1. The van der Waals surface area contributed by atoms with Crippen molar-refractivity contribution in [1.82, 2.24) is 15.2 Å². The van der Waals surface area contributed by atoms with Gasteiger partial charge in [-0.25, -0.2) is 4.98 Å². The van der Waals surface area contributed by atoms with Crippen molar-refractivity contribution in [2.75, 3.05) is 20.7 Å². The van der Waals surface area contributed by atoms with E-state index < -0.39 is 0 Å². The molecule has 1 heterocycles. The van der Waals surface area contributed by atoms with Crippen molar-refractivity contribution < 1.29 is 14.3 Å². The normalized spacial score (nSPS) is 11.0. The Balaban J connectivity index is 1.96. The number of ether oxygens (including phenoxy) is 1. The Kier molecular flexibility index (Phi) is 6.91. The lowest BCUT2D eigenvalue weighted by molar-refractivity contribution is -0.131. The van der Waals surface area contributed by atoms with Crippen LogP contribution in [0.3, 0.4) is 0 Å². The highest BCUT2D eigenvalue weighted by Crippen LogP contribution is 2.26. The minimum atomic E-state index is -0.247. The number of amides is 2. The number of thiazole rings is 1. The average Bonchev–Trinajstić information content (AvgIpc) is 3.07. The van der Waals surface area contributed by atoms with Crippen LogP contribution < -0.4 is 10.1 Å². The lowest BCUT2D eigenvalue weighted by Crippen LogP contribution is -2.40. The van der Waals surface area contributed by atoms with Crippen LogP contribution in [0.4, 0.5) is 0 Å². The number of nitrogens with one attached hydrogen (secondary N) is 1. The molecule has 0 unspecified atom stereocenters. The van der Waals surface area contributed by atoms with E-state index in [4.69, 9.17) is 4.74 Å². The number of carbonyl (C=O) groups is 2. The summed E-state index contributed by atoms with van der Waals surface area (Å²) in [5, 5.41) is 5.50. The standard InChI is InChI=1S/C19H23N3O3S/c1-13(2)20-17(23)11-22(3)18(24)10-7-15-12-26-19(21-15)14-5-8-16(25-4)9-6-14/h5-10,12-13H,11H2,1-4H3,(H,20,23). The van der Waals surface area contributed by atoms with Gasteiger partial charge in [-0.05, 0) is 44.2 Å². The summed E-state index contributed by atoms with van der Waals surface area (Å²) < 4.78 is 5.15. The highest BCUT2D eigenvalue weighted by molar-refractivity contribution is 7.13. The van der Waals surface area contributed by atoms with Crippen LogP contribution in [-0.4, -0.2) is 48.4 Å². The van der Waals surface area contributed by atoms with Crippen LogP contribution in [-0.2, 0) is 9.59 Å². The van der Waals surface area contributed by atoms with Gasteiger partial charge >= 0.3 is 0 Å². The maximum atomic E-state index is 12.1. The number of hydrogen-bond acceptors (Lipinski definition) is 5. The fourth-order valence-corrected chi connectivity index (χ4v) is 2.97. The fraction of sp³-hybridized carbons (Fsp3) is 0.316. The molecule has 0 saturated heterocycles. The topological polar surface area (TPSA) is 71.5 Å². The van der Waals surface area contributed by atoms with Crippen LogP contribution in [0.5, 0.6) is 5.75 Å². The average molecular weight is 373 g/mol. The minimum Gasteiger partial charge on any atom is -0.497 e. The number of methoxy groups -OCH3 is 1. The monoisotopic (exact) mass is 373 g/mol. The van der Waals surface area contributed by atoms with Crippen LogP contribution in [0.25, 0.3) is 16.6 Å². The van der Waals surface area contributed by atoms with Gasteiger partial charge in [-0.1, -0.05) is 0 Å². The van der Waals surface area contributed by atoms with Crippen molar-refractivity contribution in [2.45, 2.75) is 19.9 Å². The lowest BCUT2D eigenvalue weighted by atomic mass is 10.2. The molecule has 0 saturated carbocycles. The van der Waals surface area contributed by atoms with Crippen LogP contribution in [0.1, 0.15) is 19.5 Å². The summed E-state index contributed by atoms with van der Waals surface area (Å²) in [6.07, 6.45) is 3.08. The van der Waals surface area contributed by atoms with Gasteiger partial charge in [0, 0.05) is 30.1 Å². The molecule has 2 rings (SSSR count). The van der Waals surface area contributed by atoms with E-state index in [1.165, 1.54) is 22.3 Å². The van der Waals surface area contributed by atoms with Gasteiger partial charge in [-0.3, -0.25) is 9.59 Å². The highest BCUT2D eigenvalue weighted by atomic mass is 32.1. The van der Waals surface area contributed by atoms with Gasteiger partial charge in [-0.2, -0.15) is 0 Å². The summed E-state index contributed by atoms with van der Waals surface area (Å²) >= 11 is 1.50. The van der Waals surface area contributed by atoms with Gasteiger partial charge in [0.2, 0.25) is 11.8 Å².